The highest BCUT2D eigenvalue weighted by Crippen LogP contribution is 2.42. The van der Waals surface area contributed by atoms with Crippen molar-refractivity contribution in [1.82, 2.24) is 9.55 Å². The van der Waals surface area contributed by atoms with E-state index in [2.05, 4.69) is 9.72 Å². The molecule has 0 atom stereocenters. The lowest BCUT2D eigenvalue weighted by atomic mass is 10.0. The molecule has 0 amide bonds. The number of aliphatic hydroxyl groups is 1. The van der Waals surface area contributed by atoms with Gasteiger partial charge in [-0.2, -0.15) is 26.3 Å². The number of esters is 1. The number of benzene rings is 1. The maximum absolute atomic E-state index is 13.8. The first kappa shape index (κ1) is 21.9. The molecular formula is C19H16F6N2O3. The van der Waals surface area contributed by atoms with Crippen molar-refractivity contribution in [2.75, 3.05) is 0 Å². The summed E-state index contributed by atoms with van der Waals surface area (Å²) in [5.41, 5.74) is -1.51. The minimum absolute atomic E-state index is 0.0325. The van der Waals surface area contributed by atoms with Crippen molar-refractivity contribution in [1.29, 1.82) is 0 Å². The van der Waals surface area contributed by atoms with E-state index in [1.54, 1.807) is 6.92 Å². The molecule has 1 aromatic carbocycles. The normalized spacial score (nSPS) is 12.7. The molecule has 1 N–H and O–H groups in total. The molecule has 30 heavy (non-hydrogen) atoms. The molecule has 11 heteroatoms. The number of hydrogen-bond acceptors (Lipinski definition) is 4. The molecule has 0 saturated heterocycles. The number of nitrogens with zero attached hydrogens (tertiary/aromatic N) is 2. The Balaban J connectivity index is 2.50. The average molecular weight is 434 g/mol. The van der Waals surface area contributed by atoms with Gasteiger partial charge in [0.15, 0.2) is 0 Å². The maximum Gasteiger partial charge on any atom is 0.417 e. The zero-order valence-electron chi connectivity index (χ0n) is 15.8. The lowest BCUT2D eigenvalue weighted by molar-refractivity contribution is -0.140. The summed E-state index contributed by atoms with van der Waals surface area (Å²) < 4.78 is 86.5. The van der Waals surface area contributed by atoms with Crippen LogP contribution in [0, 0.1) is 0 Å². The van der Waals surface area contributed by atoms with Gasteiger partial charge >= 0.3 is 18.3 Å². The summed E-state index contributed by atoms with van der Waals surface area (Å²) in [7, 11) is 0. The van der Waals surface area contributed by atoms with Gasteiger partial charge in [0.1, 0.15) is 6.54 Å². The van der Waals surface area contributed by atoms with Gasteiger partial charge < -0.3 is 14.4 Å². The highest BCUT2D eigenvalue weighted by atomic mass is 19.4. The van der Waals surface area contributed by atoms with Crippen LogP contribution in [0.1, 0.15) is 30.7 Å². The van der Waals surface area contributed by atoms with E-state index in [9.17, 15) is 36.2 Å². The zero-order valence-corrected chi connectivity index (χ0v) is 15.8. The Morgan fingerprint density at radius 2 is 1.83 bits per heavy atom. The second-order valence-corrected chi connectivity index (χ2v) is 6.59. The Labute approximate surface area is 165 Å². The van der Waals surface area contributed by atoms with E-state index in [1.165, 1.54) is 6.07 Å². The topological polar surface area (TPSA) is 64.3 Å². The first-order chi connectivity index (χ1) is 13.9. The van der Waals surface area contributed by atoms with E-state index in [0.29, 0.717) is 6.07 Å². The molecule has 3 rings (SSSR count). The van der Waals surface area contributed by atoms with Gasteiger partial charge in [-0.25, -0.2) is 4.98 Å². The van der Waals surface area contributed by atoms with E-state index in [4.69, 9.17) is 0 Å². The quantitative estimate of drug-likeness (QED) is 0.476. The number of fused-ring (bicyclic) bond motifs is 3. The van der Waals surface area contributed by atoms with Crippen LogP contribution in [-0.4, -0.2) is 26.8 Å². The molecule has 162 valence electrons. The lowest BCUT2D eigenvalue weighted by Gasteiger charge is -2.14. The summed E-state index contributed by atoms with van der Waals surface area (Å²) in [5.74, 6) is -1.46. The number of rotatable bonds is 4. The number of carbonyl (C=O) groups excluding carboxylic acids is 1. The van der Waals surface area contributed by atoms with Gasteiger partial charge in [-0.1, -0.05) is 6.92 Å². The first-order valence-electron chi connectivity index (χ1n) is 8.78. The van der Waals surface area contributed by atoms with Crippen LogP contribution < -0.4 is 4.74 Å². The Morgan fingerprint density at radius 3 is 2.33 bits per heavy atom. The number of carbonyl (C=O) groups is 1. The van der Waals surface area contributed by atoms with Crippen LogP contribution in [0.4, 0.5) is 26.3 Å². The minimum atomic E-state index is -4.92. The molecule has 0 saturated carbocycles. The molecule has 0 aliphatic carbocycles. The summed E-state index contributed by atoms with van der Waals surface area (Å²) in [4.78, 5) is 15.1. The van der Waals surface area contributed by atoms with Crippen LogP contribution in [-0.2, 0) is 30.5 Å². The number of halogens is 6. The number of aliphatic hydroxyl groups excluding tert-OH is 1. The molecule has 3 aromatic rings. The number of pyridine rings is 1. The third-order valence-corrected chi connectivity index (χ3v) is 4.58. The van der Waals surface area contributed by atoms with Gasteiger partial charge in [0.2, 0.25) is 5.88 Å². The van der Waals surface area contributed by atoms with Crippen molar-refractivity contribution in [3.63, 3.8) is 0 Å². The van der Waals surface area contributed by atoms with E-state index in [-0.39, 0.29) is 34.1 Å². The van der Waals surface area contributed by atoms with E-state index < -0.39 is 48.3 Å². The van der Waals surface area contributed by atoms with Gasteiger partial charge in [-0.05, 0) is 18.6 Å². The summed E-state index contributed by atoms with van der Waals surface area (Å²) >= 11 is 0. The molecule has 2 aromatic heterocycles. The third-order valence-electron chi connectivity index (χ3n) is 4.58. The van der Waals surface area contributed by atoms with Crippen LogP contribution in [0.3, 0.4) is 0 Å². The predicted molar refractivity (Wildman–Crippen MR) is 94.9 cm³/mol. The molecule has 0 spiro atoms. The molecule has 0 aliphatic heterocycles. The van der Waals surface area contributed by atoms with Crippen molar-refractivity contribution in [3.05, 3.63) is 35.0 Å². The van der Waals surface area contributed by atoms with Crippen LogP contribution in [0.2, 0.25) is 0 Å². The van der Waals surface area contributed by atoms with Crippen LogP contribution >= 0.6 is 0 Å². The van der Waals surface area contributed by atoms with E-state index in [1.807, 2.05) is 0 Å². The number of hydrogen-bond donors (Lipinski definition) is 1. The summed E-state index contributed by atoms with van der Waals surface area (Å²) in [6, 6.07) is 2.87. The summed E-state index contributed by atoms with van der Waals surface area (Å²) in [5, 5.41) is 9.20. The molecule has 0 unspecified atom stereocenters. The van der Waals surface area contributed by atoms with Gasteiger partial charge in [-0.3, -0.25) is 4.79 Å². The van der Waals surface area contributed by atoms with Crippen LogP contribution in [0.25, 0.3) is 21.8 Å². The van der Waals surface area contributed by atoms with Crippen molar-refractivity contribution in [3.8, 4) is 5.88 Å². The third kappa shape index (κ3) is 3.93. The summed E-state index contributed by atoms with van der Waals surface area (Å²) in [6.45, 7) is 0.367. The van der Waals surface area contributed by atoms with Crippen LogP contribution in [0.5, 0.6) is 5.88 Å². The van der Waals surface area contributed by atoms with Crippen molar-refractivity contribution < 1.29 is 41.0 Å². The number of ether oxygens (including phenoxy) is 1. The molecular weight excluding hydrogens is 418 g/mol. The predicted octanol–water partition coefficient (Wildman–Crippen LogP) is 4.75. The zero-order chi connectivity index (χ0) is 22.4. The number of aromatic nitrogens is 2. The lowest BCUT2D eigenvalue weighted by Crippen LogP contribution is -2.19. The number of alkyl halides is 6. The van der Waals surface area contributed by atoms with Gasteiger partial charge in [0.05, 0.1) is 17.7 Å². The standard InChI is InChI=1S/C19H16F6N2O3/c1-3-13-10(7-28)16-14(27(13)8-18(20,21)22)5-4-12-17(16)11(19(23,24)25)6-15(26-12)30-9(2)29/h4-6,28H,3,7-8H2,1-2H3. The van der Waals surface area contributed by atoms with Gasteiger partial charge in [0, 0.05) is 40.5 Å². The van der Waals surface area contributed by atoms with E-state index in [0.717, 1.165) is 17.6 Å². The van der Waals surface area contributed by atoms with Crippen molar-refractivity contribution >= 4 is 27.8 Å². The molecule has 0 radical (unpaired) electrons. The highest BCUT2D eigenvalue weighted by Gasteiger charge is 2.37. The fourth-order valence-electron chi connectivity index (χ4n) is 3.63. The molecule has 0 bridgehead atoms. The first-order valence-corrected chi connectivity index (χ1v) is 8.78. The molecule has 0 fully saturated rings. The molecule has 0 aliphatic rings. The van der Waals surface area contributed by atoms with Crippen LogP contribution in [0.15, 0.2) is 18.2 Å². The second-order valence-electron chi connectivity index (χ2n) is 6.59. The van der Waals surface area contributed by atoms with Gasteiger partial charge in [0.25, 0.3) is 0 Å². The fraction of sp³-hybridized carbons (Fsp3) is 0.368. The Hall–Kier alpha value is -2.82. The van der Waals surface area contributed by atoms with Gasteiger partial charge in [-0.15, -0.1) is 0 Å². The monoisotopic (exact) mass is 434 g/mol. The molecule has 2 heterocycles. The SMILES string of the molecule is CCc1c(CO)c2c3c(C(F)(F)F)cc(OC(C)=O)nc3ccc2n1CC(F)(F)F. The molecule has 5 nitrogen and oxygen atoms in total. The van der Waals surface area contributed by atoms with Crippen molar-refractivity contribution in [2.45, 2.75) is 45.8 Å². The van der Waals surface area contributed by atoms with Crippen molar-refractivity contribution in [2.24, 2.45) is 0 Å². The highest BCUT2D eigenvalue weighted by molar-refractivity contribution is 6.10. The maximum atomic E-state index is 13.8. The summed E-state index contributed by atoms with van der Waals surface area (Å²) in [6.07, 6.45) is -9.49. The second kappa shape index (κ2) is 7.46. The minimum Gasteiger partial charge on any atom is -0.408 e. The largest absolute Gasteiger partial charge is 0.417 e. The fourth-order valence-corrected chi connectivity index (χ4v) is 3.63. The smallest absolute Gasteiger partial charge is 0.408 e. The average Bonchev–Trinajstić information content (AvgIpc) is 2.90. The Kier molecular flexibility index (Phi) is 5.44. The Bertz CT molecular complexity index is 1130. The Morgan fingerprint density at radius 1 is 1.17 bits per heavy atom. The van der Waals surface area contributed by atoms with E-state index >= 15 is 0 Å².